The monoisotopic (exact) mass is 342 g/mol. The van der Waals surface area contributed by atoms with Crippen molar-refractivity contribution in [3.05, 3.63) is 46.5 Å². The second-order valence-corrected chi connectivity index (χ2v) is 5.56. The van der Waals surface area contributed by atoms with Gasteiger partial charge in [0.25, 0.3) is 5.91 Å². The van der Waals surface area contributed by atoms with Gasteiger partial charge in [0.15, 0.2) is 5.82 Å². The molecule has 0 bridgehead atoms. The Bertz CT molecular complexity index is 711. The van der Waals surface area contributed by atoms with Gasteiger partial charge in [0.05, 0.1) is 16.7 Å². The molecule has 1 saturated heterocycles. The quantitative estimate of drug-likeness (QED) is 0.836. The van der Waals surface area contributed by atoms with Crippen LogP contribution in [0.3, 0.4) is 0 Å². The Hall–Kier alpha value is -2.06. The van der Waals surface area contributed by atoms with Crippen LogP contribution >= 0.6 is 11.6 Å². The minimum absolute atomic E-state index is 0.188. The van der Waals surface area contributed by atoms with Crippen LogP contribution in [0.4, 0.5) is 8.78 Å². The van der Waals surface area contributed by atoms with Crippen molar-refractivity contribution in [3.63, 3.8) is 0 Å². The Morgan fingerprint density at radius 2 is 2.22 bits per heavy atom. The standard InChI is InChI=1S/C14H13ClF2N4O2/c15-9-4-10(16)8(3-11(9)17)14(22)18-5-7-1-2-12(23-7)13-19-6-20-21-13/h3-4,6-7,12H,1-2,5H2,(H,18,22)(H,19,20,21)/t7-,12+/m1/s1. The summed E-state index contributed by atoms with van der Waals surface area (Å²) in [4.78, 5) is 16.0. The Morgan fingerprint density at radius 3 is 2.96 bits per heavy atom. The van der Waals surface area contributed by atoms with Crippen molar-refractivity contribution in [1.29, 1.82) is 0 Å². The first kappa shape index (κ1) is 15.8. The van der Waals surface area contributed by atoms with Crippen LogP contribution in [0.15, 0.2) is 18.5 Å². The van der Waals surface area contributed by atoms with Crippen LogP contribution in [-0.2, 0) is 4.74 Å². The van der Waals surface area contributed by atoms with E-state index in [4.69, 9.17) is 16.3 Å². The zero-order chi connectivity index (χ0) is 16.4. The number of aromatic amines is 1. The summed E-state index contributed by atoms with van der Waals surface area (Å²) in [6, 6.07) is 1.55. The first-order valence-electron chi connectivity index (χ1n) is 6.98. The fourth-order valence-corrected chi connectivity index (χ4v) is 2.58. The SMILES string of the molecule is O=C(NC[C@H]1CC[C@@H](c2ncn[nH]2)O1)c1cc(F)c(Cl)cc1F. The van der Waals surface area contributed by atoms with Gasteiger partial charge < -0.3 is 10.1 Å². The highest BCUT2D eigenvalue weighted by molar-refractivity contribution is 6.30. The number of carbonyl (C=O) groups is 1. The first-order chi connectivity index (χ1) is 11.0. The maximum atomic E-state index is 13.7. The number of aromatic nitrogens is 3. The van der Waals surface area contributed by atoms with Gasteiger partial charge in [0.2, 0.25) is 0 Å². The van der Waals surface area contributed by atoms with Crippen LogP contribution < -0.4 is 5.32 Å². The Morgan fingerprint density at radius 1 is 1.39 bits per heavy atom. The molecule has 2 heterocycles. The highest BCUT2D eigenvalue weighted by Crippen LogP contribution is 2.30. The Kier molecular flexibility index (Phi) is 4.53. The number of benzene rings is 1. The van der Waals surface area contributed by atoms with Crippen molar-refractivity contribution in [3.8, 4) is 0 Å². The lowest BCUT2D eigenvalue weighted by atomic mass is 10.1. The van der Waals surface area contributed by atoms with E-state index < -0.39 is 23.1 Å². The zero-order valence-electron chi connectivity index (χ0n) is 11.9. The number of hydrogen-bond donors (Lipinski definition) is 2. The van der Waals surface area contributed by atoms with Gasteiger partial charge in [-0.05, 0) is 25.0 Å². The number of H-pyrrole nitrogens is 1. The molecule has 6 nitrogen and oxygen atoms in total. The highest BCUT2D eigenvalue weighted by Gasteiger charge is 2.29. The molecule has 9 heteroatoms. The maximum Gasteiger partial charge on any atom is 0.254 e. The van der Waals surface area contributed by atoms with Gasteiger partial charge in [0, 0.05) is 6.54 Å². The molecule has 2 atom stereocenters. The average Bonchev–Trinajstić information content (AvgIpc) is 3.19. The molecule has 23 heavy (non-hydrogen) atoms. The topological polar surface area (TPSA) is 79.9 Å². The molecule has 0 saturated carbocycles. The van der Waals surface area contributed by atoms with Crippen LogP contribution in [0.5, 0.6) is 0 Å². The van der Waals surface area contributed by atoms with E-state index in [1.54, 1.807) is 0 Å². The first-order valence-corrected chi connectivity index (χ1v) is 7.36. The van der Waals surface area contributed by atoms with Gasteiger partial charge in [-0.25, -0.2) is 13.8 Å². The number of ether oxygens (including phenoxy) is 1. The van der Waals surface area contributed by atoms with E-state index in [-0.39, 0.29) is 23.8 Å². The van der Waals surface area contributed by atoms with Crippen LogP contribution in [0.25, 0.3) is 0 Å². The number of carbonyl (C=O) groups excluding carboxylic acids is 1. The number of hydrogen-bond acceptors (Lipinski definition) is 4. The molecule has 1 aromatic carbocycles. The lowest BCUT2D eigenvalue weighted by Gasteiger charge is -2.13. The van der Waals surface area contributed by atoms with Crippen molar-refractivity contribution >= 4 is 17.5 Å². The molecule has 1 aliphatic rings. The van der Waals surface area contributed by atoms with Crippen molar-refractivity contribution < 1.29 is 18.3 Å². The van der Waals surface area contributed by atoms with Crippen molar-refractivity contribution in [2.75, 3.05) is 6.54 Å². The van der Waals surface area contributed by atoms with Crippen LogP contribution in [0, 0.1) is 11.6 Å². The van der Waals surface area contributed by atoms with Crippen LogP contribution in [-0.4, -0.2) is 33.7 Å². The summed E-state index contributed by atoms with van der Waals surface area (Å²) in [6.45, 7) is 0.188. The third kappa shape index (κ3) is 3.48. The molecule has 0 aliphatic carbocycles. The second-order valence-electron chi connectivity index (χ2n) is 5.15. The molecule has 122 valence electrons. The summed E-state index contributed by atoms with van der Waals surface area (Å²) < 4.78 is 32.7. The van der Waals surface area contributed by atoms with Crippen LogP contribution in [0.1, 0.15) is 35.1 Å². The van der Waals surface area contributed by atoms with E-state index in [1.165, 1.54) is 6.33 Å². The molecule has 3 rings (SSSR count). The normalized spacial score (nSPS) is 20.7. The van der Waals surface area contributed by atoms with E-state index in [0.717, 1.165) is 18.6 Å². The lowest BCUT2D eigenvalue weighted by molar-refractivity contribution is 0.0392. The average molecular weight is 343 g/mol. The summed E-state index contributed by atoms with van der Waals surface area (Å²) in [6.07, 6.45) is 2.41. The lowest BCUT2D eigenvalue weighted by Crippen LogP contribution is -2.32. The van der Waals surface area contributed by atoms with Gasteiger partial charge >= 0.3 is 0 Å². The van der Waals surface area contributed by atoms with Gasteiger partial charge in [-0.2, -0.15) is 5.10 Å². The summed E-state index contributed by atoms with van der Waals surface area (Å²) in [5.74, 6) is -1.81. The summed E-state index contributed by atoms with van der Waals surface area (Å²) >= 11 is 5.46. The number of halogens is 3. The molecular formula is C14H13ClF2N4O2. The summed E-state index contributed by atoms with van der Waals surface area (Å²) in [5.41, 5.74) is -0.392. The van der Waals surface area contributed by atoms with E-state index >= 15 is 0 Å². The predicted molar refractivity (Wildman–Crippen MR) is 76.9 cm³/mol. The van der Waals surface area contributed by atoms with E-state index in [1.807, 2.05) is 0 Å². The minimum Gasteiger partial charge on any atom is -0.365 e. The van der Waals surface area contributed by atoms with E-state index in [9.17, 15) is 13.6 Å². The Balaban J connectivity index is 1.57. The number of nitrogens with one attached hydrogen (secondary N) is 2. The molecule has 0 spiro atoms. The van der Waals surface area contributed by atoms with Gasteiger partial charge in [0.1, 0.15) is 24.1 Å². The third-order valence-electron chi connectivity index (χ3n) is 3.59. The molecule has 1 aromatic heterocycles. The molecule has 0 unspecified atom stereocenters. The summed E-state index contributed by atoms with van der Waals surface area (Å²) in [5, 5.41) is 8.66. The molecule has 1 fully saturated rings. The molecule has 1 aliphatic heterocycles. The fourth-order valence-electron chi connectivity index (χ4n) is 2.43. The molecule has 1 amide bonds. The molecule has 2 N–H and O–H groups in total. The van der Waals surface area contributed by atoms with E-state index in [0.29, 0.717) is 12.2 Å². The highest BCUT2D eigenvalue weighted by atomic mass is 35.5. The molecule has 2 aromatic rings. The largest absolute Gasteiger partial charge is 0.365 e. The number of amides is 1. The summed E-state index contributed by atoms with van der Waals surface area (Å²) in [7, 11) is 0. The maximum absolute atomic E-state index is 13.7. The third-order valence-corrected chi connectivity index (χ3v) is 3.88. The Labute approximate surface area is 135 Å². The van der Waals surface area contributed by atoms with Gasteiger partial charge in [-0.15, -0.1) is 0 Å². The van der Waals surface area contributed by atoms with Gasteiger partial charge in [-0.3, -0.25) is 9.89 Å². The van der Waals surface area contributed by atoms with Crippen molar-refractivity contribution in [2.24, 2.45) is 0 Å². The second kappa shape index (κ2) is 6.59. The predicted octanol–water partition coefficient (Wildman–Crippen LogP) is 2.39. The smallest absolute Gasteiger partial charge is 0.254 e. The fraction of sp³-hybridized carbons (Fsp3) is 0.357. The van der Waals surface area contributed by atoms with E-state index in [2.05, 4.69) is 20.5 Å². The van der Waals surface area contributed by atoms with Crippen molar-refractivity contribution in [1.82, 2.24) is 20.5 Å². The molecular weight excluding hydrogens is 330 g/mol. The number of nitrogens with zero attached hydrogens (tertiary/aromatic N) is 2. The van der Waals surface area contributed by atoms with Crippen molar-refractivity contribution in [2.45, 2.75) is 25.0 Å². The molecule has 0 radical (unpaired) electrons. The van der Waals surface area contributed by atoms with Gasteiger partial charge in [-0.1, -0.05) is 11.6 Å². The zero-order valence-corrected chi connectivity index (χ0v) is 12.6. The number of rotatable bonds is 4. The minimum atomic E-state index is -0.874. The van der Waals surface area contributed by atoms with Crippen LogP contribution in [0.2, 0.25) is 5.02 Å².